The van der Waals surface area contributed by atoms with Crippen LogP contribution in [-0.2, 0) is 0 Å². The minimum absolute atomic E-state index is 0.0412. The predicted molar refractivity (Wildman–Crippen MR) is 80.8 cm³/mol. The van der Waals surface area contributed by atoms with Gasteiger partial charge in [0.05, 0.1) is 12.3 Å². The second-order valence-corrected chi connectivity index (χ2v) is 5.50. The average molecular weight is 287 g/mol. The molecule has 0 bridgehead atoms. The Morgan fingerprint density at radius 2 is 2.24 bits per heavy atom. The van der Waals surface area contributed by atoms with Crippen molar-refractivity contribution in [3.8, 4) is 5.75 Å². The van der Waals surface area contributed by atoms with Gasteiger partial charge in [-0.15, -0.1) is 0 Å². The van der Waals surface area contributed by atoms with Crippen LogP contribution in [0, 0.1) is 6.92 Å². The van der Waals surface area contributed by atoms with E-state index in [1.54, 1.807) is 0 Å². The molecule has 1 fully saturated rings. The van der Waals surface area contributed by atoms with Crippen LogP contribution >= 0.6 is 0 Å². The predicted octanol–water partition coefficient (Wildman–Crippen LogP) is 2.71. The maximum atomic E-state index is 12.6. The number of hydrogen-bond donors (Lipinski definition) is 1. The Kier molecular flexibility index (Phi) is 3.82. The highest BCUT2D eigenvalue weighted by atomic mass is 16.5. The second kappa shape index (κ2) is 5.76. The van der Waals surface area contributed by atoms with E-state index in [9.17, 15) is 4.79 Å². The number of nitrogens with zero attached hydrogens (tertiary/aromatic N) is 2. The van der Waals surface area contributed by atoms with Crippen molar-refractivity contribution in [2.45, 2.75) is 45.6 Å². The Hall–Kier alpha value is -2.04. The molecule has 1 saturated carbocycles. The van der Waals surface area contributed by atoms with Crippen molar-refractivity contribution in [1.29, 1.82) is 0 Å². The smallest absolute Gasteiger partial charge is 0.270 e. The third-order valence-corrected chi connectivity index (χ3v) is 3.99. The van der Waals surface area contributed by atoms with E-state index in [-0.39, 0.29) is 5.91 Å². The highest BCUT2D eigenvalue weighted by molar-refractivity contribution is 5.95. The van der Waals surface area contributed by atoms with Crippen LogP contribution in [0.1, 0.15) is 48.8 Å². The van der Waals surface area contributed by atoms with Crippen molar-refractivity contribution >= 4 is 11.6 Å². The fraction of sp³-hybridized carbons (Fsp3) is 0.500. The first-order chi connectivity index (χ1) is 10.2. The minimum atomic E-state index is -0.0412. The molecular weight excluding hydrogens is 266 g/mol. The molecule has 0 saturated heterocycles. The van der Waals surface area contributed by atoms with Crippen LogP contribution in [0.3, 0.4) is 0 Å². The number of rotatable bonds is 4. The van der Waals surface area contributed by atoms with E-state index in [0.29, 0.717) is 29.7 Å². The van der Waals surface area contributed by atoms with Gasteiger partial charge in [-0.1, -0.05) is 12.8 Å². The molecule has 5 nitrogen and oxygen atoms in total. The molecule has 112 valence electrons. The molecule has 1 aliphatic rings. The SMILES string of the molecule is CCOc1cccn2c(C(=O)NC3CCCC3)c(C)nc12. The molecule has 21 heavy (non-hydrogen) atoms. The van der Waals surface area contributed by atoms with E-state index in [0.717, 1.165) is 18.5 Å². The number of nitrogens with one attached hydrogen (secondary N) is 1. The molecule has 0 radical (unpaired) electrons. The molecule has 5 heteroatoms. The van der Waals surface area contributed by atoms with E-state index in [4.69, 9.17) is 4.74 Å². The second-order valence-electron chi connectivity index (χ2n) is 5.50. The summed E-state index contributed by atoms with van der Waals surface area (Å²) in [4.78, 5) is 17.1. The Morgan fingerprint density at radius 3 is 2.95 bits per heavy atom. The summed E-state index contributed by atoms with van der Waals surface area (Å²) in [5.74, 6) is 0.670. The fourth-order valence-corrected chi connectivity index (χ4v) is 3.02. The molecule has 0 aliphatic heterocycles. The number of aryl methyl sites for hydroxylation is 1. The lowest BCUT2D eigenvalue weighted by atomic mass is 10.2. The summed E-state index contributed by atoms with van der Waals surface area (Å²) in [6.07, 6.45) is 6.41. The topological polar surface area (TPSA) is 55.6 Å². The number of amides is 1. The van der Waals surface area contributed by atoms with Gasteiger partial charge in [0.15, 0.2) is 11.4 Å². The highest BCUT2D eigenvalue weighted by Crippen LogP contribution is 2.23. The Balaban J connectivity index is 1.95. The lowest BCUT2D eigenvalue weighted by Crippen LogP contribution is -2.33. The van der Waals surface area contributed by atoms with Gasteiger partial charge in [-0.3, -0.25) is 9.20 Å². The number of pyridine rings is 1. The van der Waals surface area contributed by atoms with E-state index in [1.165, 1.54) is 12.8 Å². The van der Waals surface area contributed by atoms with Crippen molar-refractivity contribution in [2.75, 3.05) is 6.61 Å². The first-order valence-corrected chi connectivity index (χ1v) is 7.62. The molecule has 2 heterocycles. The van der Waals surface area contributed by atoms with Gasteiger partial charge in [-0.2, -0.15) is 0 Å². The maximum absolute atomic E-state index is 12.6. The first kappa shape index (κ1) is 13.9. The molecule has 0 atom stereocenters. The van der Waals surface area contributed by atoms with Crippen molar-refractivity contribution < 1.29 is 9.53 Å². The molecule has 3 rings (SSSR count). The van der Waals surface area contributed by atoms with Gasteiger partial charge in [-0.05, 0) is 38.8 Å². The largest absolute Gasteiger partial charge is 0.490 e. The highest BCUT2D eigenvalue weighted by Gasteiger charge is 2.23. The minimum Gasteiger partial charge on any atom is -0.490 e. The van der Waals surface area contributed by atoms with E-state index in [2.05, 4.69) is 10.3 Å². The summed E-state index contributed by atoms with van der Waals surface area (Å²) < 4.78 is 7.41. The van der Waals surface area contributed by atoms with Crippen LogP contribution < -0.4 is 10.1 Å². The molecule has 0 spiro atoms. The molecule has 2 aromatic heterocycles. The quantitative estimate of drug-likeness (QED) is 0.940. The number of carbonyl (C=O) groups excluding carboxylic acids is 1. The lowest BCUT2D eigenvalue weighted by Gasteiger charge is -2.12. The number of imidazole rings is 1. The van der Waals surface area contributed by atoms with Crippen molar-refractivity contribution in [3.63, 3.8) is 0 Å². The Bertz CT molecular complexity index is 657. The van der Waals surface area contributed by atoms with Gasteiger partial charge in [0.25, 0.3) is 5.91 Å². The van der Waals surface area contributed by atoms with Gasteiger partial charge in [0, 0.05) is 12.2 Å². The van der Waals surface area contributed by atoms with Crippen LogP contribution in [0.2, 0.25) is 0 Å². The number of fused-ring (bicyclic) bond motifs is 1. The summed E-state index contributed by atoms with van der Waals surface area (Å²) in [7, 11) is 0. The Labute approximate surface area is 124 Å². The third kappa shape index (κ3) is 2.60. The average Bonchev–Trinajstić information content (AvgIpc) is 3.06. The van der Waals surface area contributed by atoms with Gasteiger partial charge >= 0.3 is 0 Å². The van der Waals surface area contributed by atoms with E-state index >= 15 is 0 Å². The van der Waals surface area contributed by atoms with Crippen LogP contribution in [-0.4, -0.2) is 27.9 Å². The summed E-state index contributed by atoms with van der Waals surface area (Å²) in [5.41, 5.74) is 2.05. The van der Waals surface area contributed by atoms with E-state index < -0.39 is 0 Å². The number of carbonyl (C=O) groups is 1. The summed E-state index contributed by atoms with van der Waals surface area (Å²) in [6.45, 7) is 4.38. The van der Waals surface area contributed by atoms with Crippen LogP contribution in [0.25, 0.3) is 5.65 Å². The zero-order valence-corrected chi connectivity index (χ0v) is 12.6. The van der Waals surface area contributed by atoms with Crippen LogP contribution in [0.15, 0.2) is 18.3 Å². The Morgan fingerprint density at radius 1 is 1.48 bits per heavy atom. The number of aromatic nitrogens is 2. The van der Waals surface area contributed by atoms with Crippen LogP contribution in [0.5, 0.6) is 5.75 Å². The molecule has 1 N–H and O–H groups in total. The summed E-state index contributed by atoms with van der Waals surface area (Å²) >= 11 is 0. The standard InChI is InChI=1S/C16H21N3O2/c1-3-21-13-9-6-10-19-14(11(2)17-15(13)19)16(20)18-12-7-4-5-8-12/h6,9-10,12H,3-5,7-8H2,1-2H3,(H,18,20). The zero-order chi connectivity index (χ0) is 14.8. The fourth-order valence-electron chi connectivity index (χ4n) is 3.02. The first-order valence-electron chi connectivity index (χ1n) is 7.62. The monoisotopic (exact) mass is 287 g/mol. The van der Waals surface area contributed by atoms with Gasteiger partial charge in [0.2, 0.25) is 0 Å². The summed E-state index contributed by atoms with van der Waals surface area (Å²) in [5, 5.41) is 3.13. The zero-order valence-electron chi connectivity index (χ0n) is 12.6. The molecule has 1 aliphatic carbocycles. The van der Waals surface area contributed by atoms with Crippen molar-refractivity contribution in [1.82, 2.24) is 14.7 Å². The lowest BCUT2D eigenvalue weighted by molar-refractivity contribution is 0.0931. The normalized spacial score (nSPS) is 15.5. The molecule has 0 unspecified atom stereocenters. The third-order valence-electron chi connectivity index (χ3n) is 3.99. The van der Waals surface area contributed by atoms with Gasteiger partial charge < -0.3 is 10.1 Å². The van der Waals surface area contributed by atoms with Crippen molar-refractivity contribution in [2.24, 2.45) is 0 Å². The van der Waals surface area contributed by atoms with Gasteiger partial charge in [0.1, 0.15) is 5.69 Å². The molecule has 0 aromatic carbocycles. The number of ether oxygens (including phenoxy) is 1. The number of hydrogen-bond acceptors (Lipinski definition) is 3. The van der Waals surface area contributed by atoms with Crippen molar-refractivity contribution in [3.05, 3.63) is 29.7 Å². The van der Waals surface area contributed by atoms with Crippen LogP contribution in [0.4, 0.5) is 0 Å². The van der Waals surface area contributed by atoms with Gasteiger partial charge in [-0.25, -0.2) is 4.98 Å². The summed E-state index contributed by atoms with van der Waals surface area (Å²) in [6, 6.07) is 4.06. The van der Waals surface area contributed by atoms with E-state index in [1.807, 2.05) is 36.6 Å². The molecule has 2 aromatic rings. The maximum Gasteiger partial charge on any atom is 0.270 e. The molecule has 1 amide bonds. The molecular formula is C16H21N3O2.